The Bertz CT molecular complexity index is 1040. The van der Waals surface area contributed by atoms with Gasteiger partial charge in [0.15, 0.2) is 5.76 Å². The lowest BCUT2D eigenvalue weighted by Crippen LogP contribution is -2.50. The zero-order valence-electron chi connectivity index (χ0n) is 17.5. The Morgan fingerprint density at radius 1 is 0.938 bits per heavy atom. The minimum absolute atomic E-state index is 0.0761. The van der Waals surface area contributed by atoms with E-state index in [-0.39, 0.29) is 36.5 Å². The number of carbonyl (C=O) groups is 2. The Balaban J connectivity index is 1.23. The number of piperazine rings is 1. The first-order valence-corrected chi connectivity index (χ1v) is 10.4. The van der Waals surface area contributed by atoms with Crippen LogP contribution in [0, 0.1) is 5.82 Å². The van der Waals surface area contributed by atoms with Crippen LogP contribution in [0.4, 0.5) is 10.1 Å². The number of hydrogen-bond acceptors (Lipinski definition) is 5. The Kier molecular flexibility index (Phi) is 6.81. The number of hydrogen-bond donors (Lipinski definition) is 1. The molecule has 2 heterocycles. The molecular formula is C24H24FN3O4. The van der Waals surface area contributed by atoms with Gasteiger partial charge in [-0.2, -0.15) is 0 Å². The van der Waals surface area contributed by atoms with Gasteiger partial charge in [0.25, 0.3) is 5.91 Å². The van der Waals surface area contributed by atoms with Crippen molar-refractivity contribution >= 4 is 17.5 Å². The van der Waals surface area contributed by atoms with Crippen LogP contribution in [0.1, 0.15) is 16.3 Å². The molecule has 2 aromatic carbocycles. The normalized spacial score (nSPS) is 14.2. The van der Waals surface area contributed by atoms with E-state index in [4.69, 9.17) is 9.15 Å². The first-order chi connectivity index (χ1) is 15.6. The second-order valence-corrected chi connectivity index (χ2v) is 7.49. The van der Waals surface area contributed by atoms with Gasteiger partial charge in [0.05, 0.1) is 6.54 Å². The molecule has 1 saturated heterocycles. The first-order valence-electron chi connectivity index (χ1n) is 10.4. The van der Waals surface area contributed by atoms with Gasteiger partial charge in [-0.3, -0.25) is 14.5 Å². The number of ether oxygens (including phenoxy) is 1. The molecule has 0 spiro atoms. The number of anilines is 1. The number of halogens is 1. The predicted octanol–water partition coefficient (Wildman–Crippen LogP) is 3.39. The summed E-state index contributed by atoms with van der Waals surface area (Å²) < 4.78 is 24.1. The highest BCUT2D eigenvalue weighted by atomic mass is 19.1. The van der Waals surface area contributed by atoms with E-state index in [9.17, 15) is 14.0 Å². The van der Waals surface area contributed by atoms with Crippen molar-refractivity contribution in [3.8, 4) is 5.75 Å². The Hall–Kier alpha value is -3.65. The van der Waals surface area contributed by atoms with Crippen molar-refractivity contribution in [3.05, 3.63) is 84.1 Å². The summed E-state index contributed by atoms with van der Waals surface area (Å²) in [6.45, 7) is 2.66. The van der Waals surface area contributed by atoms with Crippen LogP contribution in [0.2, 0.25) is 0 Å². The van der Waals surface area contributed by atoms with E-state index in [2.05, 4.69) is 5.32 Å². The Labute approximate surface area is 185 Å². The van der Waals surface area contributed by atoms with Gasteiger partial charge < -0.3 is 19.4 Å². The summed E-state index contributed by atoms with van der Waals surface area (Å²) in [5, 5.41) is 2.87. The third kappa shape index (κ3) is 5.73. The quantitative estimate of drug-likeness (QED) is 0.613. The van der Waals surface area contributed by atoms with Gasteiger partial charge in [-0.1, -0.05) is 18.2 Å². The lowest BCUT2D eigenvalue weighted by molar-refractivity contribution is -0.117. The summed E-state index contributed by atoms with van der Waals surface area (Å²) in [4.78, 5) is 28.7. The maximum absolute atomic E-state index is 13.0. The molecule has 1 aromatic heterocycles. The molecule has 0 bridgehead atoms. The minimum Gasteiger partial charge on any atom is -0.486 e. The van der Waals surface area contributed by atoms with Crippen LogP contribution >= 0.6 is 0 Å². The van der Waals surface area contributed by atoms with Gasteiger partial charge in [-0.05, 0) is 48.5 Å². The summed E-state index contributed by atoms with van der Waals surface area (Å²) in [6.07, 6.45) is 0. The molecule has 0 aliphatic carbocycles. The van der Waals surface area contributed by atoms with E-state index in [1.165, 1.54) is 24.3 Å². The number of carbonyl (C=O) groups excluding carboxylic acids is 2. The molecule has 1 aliphatic rings. The molecule has 1 aliphatic heterocycles. The topological polar surface area (TPSA) is 75.0 Å². The predicted molar refractivity (Wildman–Crippen MR) is 117 cm³/mol. The third-order valence-electron chi connectivity index (χ3n) is 5.15. The fourth-order valence-corrected chi connectivity index (χ4v) is 3.45. The number of amides is 2. The number of nitrogens with one attached hydrogen (secondary N) is 1. The number of para-hydroxylation sites is 1. The highest BCUT2D eigenvalue weighted by molar-refractivity contribution is 5.92. The Morgan fingerprint density at radius 3 is 2.38 bits per heavy atom. The average Bonchev–Trinajstić information content (AvgIpc) is 3.28. The van der Waals surface area contributed by atoms with Crippen molar-refractivity contribution in [1.29, 1.82) is 0 Å². The average molecular weight is 437 g/mol. The van der Waals surface area contributed by atoms with Gasteiger partial charge in [-0.25, -0.2) is 4.39 Å². The lowest BCUT2D eigenvalue weighted by Gasteiger charge is -2.33. The van der Waals surface area contributed by atoms with Gasteiger partial charge in [0.2, 0.25) is 5.91 Å². The largest absolute Gasteiger partial charge is 0.486 e. The van der Waals surface area contributed by atoms with Crippen LogP contribution in [-0.4, -0.2) is 54.3 Å². The molecule has 8 heteroatoms. The monoisotopic (exact) mass is 437 g/mol. The maximum atomic E-state index is 13.0. The van der Waals surface area contributed by atoms with E-state index in [0.29, 0.717) is 37.7 Å². The van der Waals surface area contributed by atoms with Gasteiger partial charge in [-0.15, -0.1) is 0 Å². The van der Waals surface area contributed by atoms with Crippen LogP contribution in [0.3, 0.4) is 0 Å². The summed E-state index contributed by atoms with van der Waals surface area (Å²) in [6, 6.07) is 18.3. The molecule has 4 rings (SSSR count). The zero-order chi connectivity index (χ0) is 22.3. The second-order valence-electron chi connectivity index (χ2n) is 7.49. The molecule has 3 aromatic rings. The maximum Gasteiger partial charge on any atom is 0.289 e. The number of rotatable bonds is 7. The third-order valence-corrected chi connectivity index (χ3v) is 5.15. The summed E-state index contributed by atoms with van der Waals surface area (Å²) in [5.41, 5.74) is 0.767. The number of nitrogens with zero attached hydrogens (tertiary/aromatic N) is 2. The molecule has 7 nitrogen and oxygen atoms in total. The highest BCUT2D eigenvalue weighted by Crippen LogP contribution is 2.17. The molecule has 32 heavy (non-hydrogen) atoms. The standard InChI is InChI=1S/C24H24FN3O4/c25-18-6-8-20(9-7-18)31-17-21-10-11-22(32-21)24(30)28-14-12-27(13-15-28)16-23(29)26-19-4-2-1-3-5-19/h1-11H,12-17H2,(H,26,29). The zero-order valence-corrected chi connectivity index (χ0v) is 17.5. The first kappa shape index (κ1) is 21.6. The van der Waals surface area contributed by atoms with Crippen molar-refractivity contribution in [2.45, 2.75) is 6.61 Å². The fraction of sp³-hybridized carbons (Fsp3) is 0.250. The minimum atomic E-state index is -0.333. The molecule has 1 N–H and O–H groups in total. The van der Waals surface area contributed by atoms with Gasteiger partial charge in [0, 0.05) is 31.9 Å². The van der Waals surface area contributed by atoms with Gasteiger partial charge >= 0.3 is 0 Å². The summed E-state index contributed by atoms with van der Waals surface area (Å²) >= 11 is 0. The molecule has 0 atom stereocenters. The van der Waals surface area contributed by atoms with Crippen LogP contribution in [0.25, 0.3) is 0 Å². The van der Waals surface area contributed by atoms with Crippen LogP contribution in [0.5, 0.6) is 5.75 Å². The van der Waals surface area contributed by atoms with E-state index in [0.717, 1.165) is 5.69 Å². The SMILES string of the molecule is O=C(CN1CCN(C(=O)c2ccc(COc3ccc(F)cc3)o2)CC1)Nc1ccccc1. The fourth-order valence-electron chi connectivity index (χ4n) is 3.45. The number of benzene rings is 2. The van der Waals surface area contributed by atoms with E-state index in [1.54, 1.807) is 17.0 Å². The summed E-state index contributed by atoms with van der Waals surface area (Å²) in [7, 11) is 0. The van der Waals surface area contributed by atoms with Gasteiger partial charge in [0.1, 0.15) is 23.9 Å². The highest BCUT2D eigenvalue weighted by Gasteiger charge is 2.25. The molecule has 2 amide bonds. The summed E-state index contributed by atoms with van der Waals surface area (Å²) in [5.74, 6) is 0.675. The van der Waals surface area contributed by atoms with E-state index >= 15 is 0 Å². The number of furan rings is 1. The molecular weight excluding hydrogens is 413 g/mol. The van der Waals surface area contributed by atoms with Crippen LogP contribution < -0.4 is 10.1 Å². The molecule has 0 unspecified atom stereocenters. The van der Waals surface area contributed by atoms with Crippen molar-refractivity contribution in [3.63, 3.8) is 0 Å². The van der Waals surface area contributed by atoms with E-state index in [1.807, 2.05) is 35.2 Å². The Morgan fingerprint density at radius 2 is 1.66 bits per heavy atom. The lowest BCUT2D eigenvalue weighted by atomic mass is 10.2. The van der Waals surface area contributed by atoms with E-state index < -0.39 is 0 Å². The van der Waals surface area contributed by atoms with Crippen molar-refractivity contribution in [1.82, 2.24) is 9.80 Å². The molecule has 166 valence electrons. The molecule has 0 saturated carbocycles. The van der Waals surface area contributed by atoms with Crippen molar-refractivity contribution in [2.75, 3.05) is 38.0 Å². The molecule has 0 radical (unpaired) electrons. The smallest absolute Gasteiger partial charge is 0.289 e. The van der Waals surface area contributed by atoms with Crippen LogP contribution in [-0.2, 0) is 11.4 Å². The van der Waals surface area contributed by atoms with Crippen LogP contribution in [0.15, 0.2) is 71.1 Å². The molecule has 1 fully saturated rings. The second kappa shape index (κ2) is 10.1. The van der Waals surface area contributed by atoms with Crippen molar-refractivity contribution in [2.24, 2.45) is 0 Å². The van der Waals surface area contributed by atoms with Crippen molar-refractivity contribution < 1.29 is 23.1 Å².